The second-order valence-corrected chi connectivity index (χ2v) is 3.54. The molecule has 0 amide bonds. The smallest absolute Gasteiger partial charge is 0.126 e. The normalized spacial score (nSPS) is 10.3. The highest BCUT2D eigenvalue weighted by molar-refractivity contribution is 5.23. The Balaban J connectivity index is 2.71. The van der Waals surface area contributed by atoms with Crippen molar-refractivity contribution in [2.75, 3.05) is 13.1 Å². The minimum absolute atomic E-state index is 0.179. The Labute approximate surface area is 89.9 Å². The molecule has 0 unspecified atom stereocenters. The molecule has 0 atom stereocenters. The molecule has 0 aromatic heterocycles. The molecule has 0 fully saturated rings. The van der Waals surface area contributed by atoms with Crippen molar-refractivity contribution in [1.29, 1.82) is 5.26 Å². The van der Waals surface area contributed by atoms with Crippen LogP contribution in [-0.2, 0) is 6.54 Å². The molecule has 0 N–H and O–H groups in total. The fourth-order valence-corrected chi connectivity index (χ4v) is 1.44. The van der Waals surface area contributed by atoms with Gasteiger partial charge in [0.15, 0.2) is 0 Å². The highest BCUT2D eigenvalue weighted by Crippen LogP contribution is 2.11. The quantitative estimate of drug-likeness (QED) is 0.708. The number of hydrogen-bond acceptors (Lipinski definition) is 2. The first kappa shape index (κ1) is 11.7. The number of benzene rings is 1. The minimum Gasteiger partial charge on any atom is -0.287 e. The number of nitriles is 1. The van der Waals surface area contributed by atoms with E-state index in [-0.39, 0.29) is 5.82 Å². The second kappa shape index (κ2) is 5.47. The van der Waals surface area contributed by atoms with E-state index in [2.05, 4.69) is 6.07 Å². The monoisotopic (exact) mass is 206 g/mol. The zero-order valence-corrected chi connectivity index (χ0v) is 9.13. The molecular formula is C12H15FN2. The van der Waals surface area contributed by atoms with Crippen LogP contribution in [0.5, 0.6) is 0 Å². The summed E-state index contributed by atoms with van der Waals surface area (Å²) >= 11 is 0. The topological polar surface area (TPSA) is 27.0 Å². The largest absolute Gasteiger partial charge is 0.287 e. The minimum atomic E-state index is -0.179. The first-order valence-corrected chi connectivity index (χ1v) is 5.01. The number of aryl methyl sites for hydroxylation is 1. The molecule has 0 radical (unpaired) electrons. The van der Waals surface area contributed by atoms with Crippen LogP contribution in [0, 0.1) is 24.1 Å². The number of halogens is 1. The van der Waals surface area contributed by atoms with E-state index in [1.54, 1.807) is 13.0 Å². The van der Waals surface area contributed by atoms with E-state index in [0.717, 1.165) is 12.1 Å². The van der Waals surface area contributed by atoms with E-state index in [4.69, 9.17) is 5.26 Å². The first-order chi connectivity index (χ1) is 7.17. The van der Waals surface area contributed by atoms with Gasteiger partial charge in [-0.05, 0) is 30.7 Å². The molecule has 0 bridgehead atoms. The highest BCUT2D eigenvalue weighted by atomic mass is 19.1. The van der Waals surface area contributed by atoms with E-state index in [0.29, 0.717) is 18.7 Å². The molecule has 0 aliphatic rings. The van der Waals surface area contributed by atoms with Gasteiger partial charge >= 0.3 is 0 Å². The Morgan fingerprint density at radius 2 is 2.20 bits per heavy atom. The van der Waals surface area contributed by atoms with Gasteiger partial charge in [0, 0.05) is 6.54 Å². The van der Waals surface area contributed by atoms with Gasteiger partial charge in [-0.2, -0.15) is 5.26 Å². The van der Waals surface area contributed by atoms with E-state index in [1.807, 2.05) is 17.9 Å². The van der Waals surface area contributed by atoms with Gasteiger partial charge in [0.25, 0.3) is 0 Å². The number of hydrogen-bond donors (Lipinski definition) is 0. The fourth-order valence-electron chi connectivity index (χ4n) is 1.44. The van der Waals surface area contributed by atoms with Gasteiger partial charge in [-0.15, -0.1) is 0 Å². The summed E-state index contributed by atoms with van der Waals surface area (Å²) in [7, 11) is 0. The summed E-state index contributed by atoms with van der Waals surface area (Å²) in [5, 5.41) is 8.59. The molecule has 1 aromatic rings. The summed E-state index contributed by atoms with van der Waals surface area (Å²) in [6.07, 6.45) is 0. The number of rotatable bonds is 4. The summed E-state index contributed by atoms with van der Waals surface area (Å²) < 4.78 is 13.0. The molecular weight excluding hydrogens is 191 g/mol. The van der Waals surface area contributed by atoms with Crippen molar-refractivity contribution in [3.63, 3.8) is 0 Å². The molecule has 0 saturated carbocycles. The van der Waals surface area contributed by atoms with Crippen LogP contribution in [0.25, 0.3) is 0 Å². The Morgan fingerprint density at radius 3 is 2.73 bits per heavy atom. The lowest BCUT2D eigenvalue weighted by atomic mass is 10.1. The molecule has 1 aromatic carbocycles. The van der Waals surface area contributed by atoms with Crippen LogP contribution in [0.15, 0.2) is 18.2 Å². The molecule has 0 heterocycles. The van der Waals surface area contributed by atoms with Crippen LogP contribution in [0.4, 0.5) is 4.39 Å². The summed E-state index contributed by atoms with van der Waals surface area (Å²) in [5.74, 6) is -0.179. The summed E-state index contributed by atoms with van der Waals surface area (Å²) in [4.78, 5) is 2.01. The third-order valence-corrected chi connectivity index (χ3v) is 2.37. The van der Waals surface area contributed by atoms with Crippen molar-refractivity contribution in [3.8, 4) is 6.07 Å². The average molecular weight is 206 g/mol. The standard InChI is InChI=1S/C12H15FN2/c1-3-15(7-6-14)9-11-4-5-12(13)10(2)8-11/h4-5,8H,3,7,9H2,1-2H3. The van der Waals surface area contributed by atoms with Gasteiger partial charge in [-0.1, -0.05) is 19.1 Å². The van der Waals surface area contributed by atoms with Crippen LogP contribution < -0.4 is 0 Å². The zero-order chi connectivity index (χ0) is 11.3. The van der Waals surface area contributed by atoms with Crippen molar-refractivity contribution < 1.29 is 4.39 Å². The predicted molar refractivity (Wildman–Crippen MR) is 57.7 cm³/mol. The van der Waals surface area contributed by atoms with Crippen molar-refractivity contribution in [2.24, 2.45) is 0 Å². The summed E-state index contributed by atoms with van der Waals surface area (Å²) in [6.45, 7) is 5.69. The lowest BCUT2D eigenvalue weighted by molar-refractivity contribution is 0.314. The summed E-state index contributed by atoms with van der Waals surface area (Å²) in [5.41, 5.74) is 1.70. The predicted octanol–water partition coefficient (Wildman–Crippen LogP) is 2.48. The molecule has 1 rings (SSSR count). The second-order valence-electron chi connectivity index (χ2n) is 3.54. The molecule has 0 aliphatic heterocycles. The van der Waals surface area contributed by atoms with Gasteiger partial charge in [0.1, 0.15) is 5.82 Å². The van der Waals surface area contributed by atoms with Gasteiger partial charge in [-0.25, -0.2) is 4.39 Å². The maximum atomic E-state index is 13.0. The van der Waals surface area contributed by atoms with Gasteiger partial charge in [0.2, 0.25) is 0 Å². The van der Waals surface area contributed by atoms with Crippen LogP contribution in [0.1, 0.15) is 18.1 Å². The van der Waals surface area contributed by atoms with Crippen molar-refractivity contribution >= 4 is 0 Å². The van der Waals surface area contributed by atoms with Crippen molar-refractivity contribution in [2.45, 2.75) is 20.4 Å². The zero-order valence-electron chi connectivity index (χ0n) is 9.13. The Morgan fingerprint density at radius 1 is 1.47 bits per heavy atom. The van der Waals surface area contributed by atoms with E-state index >= 15 is 0 Å². The average Bonchev–Trinajstić information content (AvgIpc) is 2.23. The van der Waals surface area contributed by atoms with Crippen molar-refractivity contribution in [3.05, 3.63) is 35.1 Å². The fraction of sp³-hybridized carbons (Fsp3) is 0.417. The Bertz CT molecular complexity index is 368. The molecule has 0 aliphatic carbocycles. The Hall–Kier alpha value is -1.40. The number of nitrogens with zero attached hydrogens (tertiary/aromatic N) is 2. The van der Waals surface area contributed by atoms with Gasteiger partial charge in [-0.3, -0.25) is 4.90 Å². The molecule has 3 heteroatoms. The highest BCUT2D eigenvalue weighted by Gasteiger charge is 2.04. The molecule has 80 valence electrons. The third-order valence-electron chi connectivity index (χ3n) is 2.37. The van der Waals surface area contributed by atoms with Crippen LogP contribution in [0.3, 0.4) is 0 Å². The van der Waals surface area contributed by atoms with E-state index in [9.17, 15) is 4.39 Å². The van der Waals surface area contributed by atoms with Crippen LogP contribution >= 0.6 is 0 Å². The SMILES string of the molecule is CCN(CC#N)Cc1ccc(F)c(C)c1. The molecule has 0 saturated heterocycles. The van der Waals surface area contributed by atoms with Crippen LogP contribution in [0.2, 0.25) is 0 Å². The molecule has 0 spiro atoms. The third kappa shape index (κ3) is 3.34. The first-order valence-electron chi connectivity index (χ1n) is 5.01. The lowest BCUT2D eigenvalue weighted by Crippen LogP contribution is -2.23. The maximum Gasteiger partial charge on any atom is 0.126 e. The van der Waals surface area contributed by atoms with E-state index < -0.39 is 0 Å². The van der Waals surface area contributed by atoms with Gasteiger partial charge < -0.3 is 0 Å². The molecule has 15 heavy (non-hydrogen) atoms. The Kier molecular flexibility index (Phi) is 4.26. The summed E-state index contributed by atoms with van der Waals surface area (Å²) in [6, 6.07) is 7.19. The van der Waals surface area contributed by atoms with Gasteiger partial charge in [0.05, 0.1) is 12.6 Å². The lowest BCUT2D eigenvalue weighted by Gasteiger charge is -2.16. The maximum absolute atomic E-state index is 13.0. The van der Waals surface area contributed by atoms with Crippen molar-refractivity contribution in [1.82, 2.24) is 4.90 Å². The van der Waals surface area contributed by atoms with Crippen LogP contribution in [-0.4, -0.2) is 18.0 Å². The molecule has 2 nitrogen and oxygen atoms in total. The van der Waals surface area contributed by atoms with E-state index in [1.165, 1.54) is 6.07 Å².